The highest BCUT2D eigenvalue weighted by Crippen LogP contribution is 2.16. The number of carbonyl (C=O) groups is 1. The average Bonchev–Trinajstić information content (AvgIpc) is 3.06. The summed E-state index contributed by atoms with van der Waals surface area (Å²) < 4.78 is 31.1. The van der Waals surface area contributed by atoms with E-state index >= 15 is 0 Å². The molecule has 0 radical (unpaired) electrons. The van der Waals surface area contributed by atoms with Gasteiger partial charge in [-0.25, -0.2) is 13.4 Å². The summed E-state index contributed by atoms with van der Waals surface area (Å²) in [7, 11) is -3.65. The van der Waals surface area contributed by atoms with Crippen molar-refractivity contribution in [3.05, 3.63) is 42.4 Å². The van der Waals surface area contributed by atoms with E-state index in [2.05, 4.69) is 26.5 Å². The summed E-state index contributed by atoms with van der Waals surface area (Å²) in [5.74, 6) is 4.98. The third-order valence-electron chi connectivity index (χ3n) is 2.69. The van der Waals surface area contributed by atoms with Crippen LogP contribution in [0.4, 0.5) is 0 Å². The van der Waals surface area contributed by atoms with Gasteiger partial charge in [0, 0.05) is 0 Å². The van der Waals surface area contributed by atoms with Gasteiger partial charge in [0.1, 0.15) is 12.4 Å². The number of H-pyrrole nitrogens is 1. The zero-order valence-electron chi connectivity index (χ0n) is 11.9. The number of rotatable bonds is 6. The smallest absolute Gasteiger partial charge is 0.258 e. The lowest BCUT2D eigenvalue weighted by atomic mass is 10.2. The molecule has 1 heterocycles. The van der Waals surface area contributed by atoms with Crippen LogP contribution in [0.25, 0.3) is 0 Å². The number of sulfonamides is 1. The van der Waals surface area contributed by atoms with Gasteiger partial charge in [0.25, 0.3) is 15.9 Å². The van der Waals surface area contributed by atoms with E-state index < -0.39 is 15.9 Å². The summed E-state index contributed by atoms with van der Waals surface area (Å²) in [5.41, 5.74) is 5.48. The first-order valence-electron chi connectivity index (χ1n) is 6.46. The average molecular weight is 334 g/mol. The predicted molar refractivity (Wildman–Crippen MR) is 82.0 cm³/mol. The number of para-hydroxylation sites is 1. The van der Waals surface area contributed by atoms with E-state index in [0.29, 0.717) is 5.75 Å². The molecule has 0 aliphatic carbocycles. The molecule has 0 unspecified atom stereocenters. The molecule has 23 heavy (non-hydrogen) atoms. The van der Waals surface area contributed by atoms with Crippen LogP contribution in [0.15, 0.2) is 41.8 Å². The lowest BCUT2D eigenvalue weighted by molar-refractivity contribution is 0.0997. The van der Waals surface area contributed by atoms with Crippen LogP contribution >= 0.6 is 0 Å². The van der Waals surface area contributed by atoms with Crippen LogP contribution < -0.4 is 15.2 Å². The minimum Gasteiger partial charge on any atom is -0.480 e. The van der Waals surface area contributed by atoms with Crippen LogP contribution in [0.1, 0.15) is 10.4 Å². The van der Waals surface area contributed by atoms with Gasteiger partial charge < -0.3 is 15.5 Å². The Balaban J connectivity index is 1.85. The first-order chi connectivity index (χ1) is 11.0. The Hall–Kier alpha value is -2.83. The number of nitrogens with one attached hydrogen (secondary N) is 2. The van der Waals surface area contributed by atoms with Gasteiger partial charge in [-0.2, -0.15) is 4.72 Å². The Morgan fingerprint density at radius 3 is 2.83 bits per heavy atom. The highest BCUT2D eigenvalue weighted by Gasteiger charge is 2.13. The van der Waals surface area contributed by atoms with Crippen LogP contribution in [-0.4, -0.2) is 37.4 Å². The van der Waals surface area contributed by atoms with Crippen molar-refractivity contribution in [2.24, 2.45) is 5.73 Å². The third kappa shape index (κ3) is 4.57. The molecule has 1 aromatic heterocycles. The molecule has 0 saturated carbocycles. The third-order valence-corrected chi connectivity index (χ3v) is 4.02. The molecule has 0 aliphatic rings. The highest BCUT2D eigenvalue weighted by atomic mass is 32.2. The number of amides is 1. The monoisotopic (exact) mass is 334 g/mol. The molecule has 0 bridgehead atoms. The molecule has 0 atom stereocenters. The van der Waals surface area contributed by atoms with Crippen molar-refractivity contribution in [1.29, 1.82) is 0 Å². The van der Waals surface area contributed by atoms with E-state index in [0.717, 1.165) is 0 Å². The molecule has 1 amide bonds. The molecule has 0 fully saturated rings. The maximum absolute atomic E-state index is 11.7. The van der Waals surface area contributed by atoms with Crippen LogP contribution in [-0.2, 0) is 10.0 Å². The summed E-state index contributed by atoms with van der Waals surface area (Å²) in [6, 6.07) is 6.52. The minimum atomic E-state index is -3.65. The normalized spacial score (nSPS) is 10.6. The Kier molecular flexibility index (Phi) is 5.35. The number of carbonyl (C=O) groups excluding carboxylic acids is 1. The summed E-state index contributed by atoms with van der Waals surface area (Å²) >= 11 is 0. The molecule has 0 saturated heterocycles. The quantitative estimate of drug-likeness (QED) is 0.634. The summed E-state index contributed by atoms with van der Waals surface area (Å²) in [6.45, 7) is -0.0851. The Labute approximate surface area is 133 Å². The SMILES string of the molecule is NC(=O)c1ccccc1OCC#CCNS(=O)(=O)c1cnc[nH]1. The van der Waals surface area contributed by atoms with E-state index in [4.69, 9.17) is 10.5 Å². The molecule has 9 heteroatoms. The van der Waals surface area contributed by atoms with Crippen molar-refractivity contribution in [1.82, 2.24) is 14.7 Å². The predicted octanol–water partition coefficient (Wildman–Crippen LogP) is -0.131. The van der Waals surface area contributed by atoms with Gasteiger partial charge >= 0.3 is 0 Å². The molecule has 1 aromatic carbocycles. The zero-order valence-corrected chi connectivity index (χ0v) is 12.8. The van der Waals surface area contributed by atoms with Crippen molar-refractivity contribution in [3.8, 4) is 17.6 Å². The van der Waals surface area contributed by atoms with Gasteiger partial charge in [0.15, 0.2) is 5.03 Å². The Bertz CT molecular complexity index is 835. The number of aromatic nitrogens is 2. The fourth-order valence-electron chi connectivity index (χ4n) is 1.62. The molecule has 2 aromatic rings. The molecule has 8 nitrogen and oxygen atoms in total. The van der Waals surface area contributed by atoms with Crippen LogP contribution in [0, 0.1) is 11.8 Å². The van der Waals surface area contributed by atoms with Gasteiger partial charge in [-0.3, -0.25) is 4.79 Å². The second-order valence-electron chi connectivity index (χ2n) is 4.24. The van der Waals surface area contributed by atoms with Gasteiger partial charge in [-0.15, -0.1) is 0 Å². The summed E-state index contributed by atoms with van der Waals surface area (Å²) in [6.07, 6.45) is 2.46. The highest BCUT2D eigenvalue weighted by molar-refractivity contribution is 7.89. The largest absolute Gasteiger partial charge is 0.480 e. The number of benzene rings is 1. The fraction of sp³-hybridized carbons (Fsp3) is 0.143. The topological polar surface area (TPSA) is 127 Å². The van der Waals surface area contributed by atoms with Gasteiger partial charge in [0.2, 0.25) is 0 Å². The number of primary amides is 1. The fourth-order valence-corrected chi connectivity index (χ4v) is 2.45. The van der Waals surface area contributed by atoms with Gasteiger partial charge in [-0.05, 0) is 12.1 Å². The van der Waals surface area contributed by atoms with Crippen LogP contribution in [0.3, 0.4) is 0 Å². The number of aromatic amines is 1. The van der Waals surface area contributed by atoms with Crippen LogP contribution in [0.5, 0.6) is 5.75 Å². The van der Waals surface area contributed by atoms with Gasteiger partial charge in [-0.1, -0.05) is 24.0 Å². The first-order valence-corrected chi connectivity index (χ1v) is 7.94. The van der Waals surface area contributed by atoms with Crippen molar-refractivity contribution < 1.29 is 17.9 Å². The lowest BCUT2D eigenvalue weighted by Crippen LogP contribution is -2.24. The zero-order chi connectivity index (χ0) is 16.7. The van der Waals surface area contributed by atoms with Crippen molar-refractivity contribution in [3.63, 3.8) is 0 Å². The summed E-state index contributed by atoms with van der Waals surface area (Å²) in [4.78, 5) is 17.3. The number of hydrogen-bond donors (Lipinski definition) is 3. The summed E-state index contributed by atoms with van der Waals surface area (Å²) in [5, 5.41) is -0.0362. The number of nitrogens with zero attached hydrogens (tertiary/aromatic N) is 1. The maximum atomic E-state index is 11.7. The van der Waals surface area contributed by atoms with Crippen molar-refractivity contribution in [2.45, 2.75) is 5.03 Å². The van der Waals surface area contributed by atoms with E-state index in [9.17, 15) is 13.2 Å². The number of nitrogens with two attached hydrogens (primary N) is 1. The van der Waals surface area contributed by atoms with Crippen molar-refractivity contribution >= 4 is 15.9 Å². The first kappa shape index (κ1) is 16.5. The number of hydrogen-bond acceptors (Lipinski definition) is 5. The molecular formula is C14H14N4O4S. The van der Waals surface area contributed by atoms with Gasteiger partial charge in [0.05, 0.1) is 24.6 Å². The Morgan fingerprint density at radius 2 is 2.13 bits per heavy atom. The number of ether oxygens (including phenoxy) is 1. The molecule has 4 N–H and O–H groups in total. The molecule has 120 valence electrons. The maximum Gasteiger partial charge on any atom is 0.258 e. The lowest BCUT2D eigenvalue weighted by Gasteiger charge is -2.05. The van der Waals surface area contributed by atoms with E-state index in [-0.39, 0.29) is 23.7 Å². The Morgan fingerprint density at radius 1 is 1.35 bits per heavy atom. The standard InChI is InChI=1S/C14H14N4O4S/c15-14(19)11-5-1-2-6-12(11)22-8-4-3-7-18-23(20,21)13-9-16-10-17-13/h1-2,5-6,9-10,18H,7-8H2,(H2,15,19)(H,16,17). The second-order valence-corrected chi connectivity index (χ2v) is 5.98. The van der Waals surface area contributed by atoms with Crippen molar-refractivity contribution in [2.75, 3.05) is 13.2 Å². The van der Waals surface area contributed by atoms with E-state index in [1.54, 1.807) is 24.3 Å². The second kappa shape index (κ2) is 7.44. The van der Waals surface area contributed by atoms with E-state index in [1.165, 1.54) is 12.5 Å². The molecule has 0 spiro atoms. The molecule has 2 rings (SSSR count). The number of imidazole rings is 1. The van der Waals surface area contributed by atoms with Crippen LogP contribution in [0.2, 0.25) is 0 Å². The minimum absolute atomic E-state index is 0.00389. The molecule has 0 aliphatic heterocycles. The molecular weight excluding hydrogens is 320 g/mol. The van der Waals surface area contributed by atoms with E-state index in [1.807, 2.05) is 0 Å².